The molecule has 0 aliphatic heterocycles. The maximum atomic E-state index is 13.4. The molecule has 0 aliphatic rings. The number of benzene rings is 2. The average molecular weight is 506 g/mol. The van der Waals surface area contributed by atoms with E-state index in [9.17, 15) is 24.3 Å². The van der Waals surface area contributed by atoms with Gasteiger partial charge in [0.15, 0.2) is 0 Å². The van der Waals surface area contributed by atoms with E-state index in [0.717, 1.165) is 15.7 Å². The predicted octanol–water partition coefficient (Wildman–Crippen LogP) is 3.73. The lowest BCUT2D eigenvalue weighted by molar-refractivity contribution is -0.139. The van der Waals surface area contributed by atoms with Gasteiger partial charge in [-0.3, -0.25) is 14.2 Å². The Morgan fingerprint density at radius 3 is 1.92 bits per heavy atom. The first-order chi connectivity index (χ1) is 17.3. The van der Waals surface area contributed by atoms with Gasteiger partial charge in [-0.2, -0.15) is 0 Å². The van der Waals surface area contributed by atoms with Gasteiger partial charge in [0.2, 0.25) is 0 Å². The molecule has 3 rings (SSSR count). The third-order valence-corrected chi connectivity index (χ3v) is 6.84. The number of amides is 1. The summed E-state index contributed by atoms with van der Waals surface area (Å²) in [5, 5.41) is 12.6. The van der Waals surface area contributed by atoms with Gasteiger partial charge < -0.3 is 15.0 Å². The smallest absolute Gasteiger partial charge is 0.330 e. The molecule has 2 aromatic carbocycles. The number of carboxylic acids is 1. The van der Waals surface area contributed by atoms with Crippen LogP contribution in [0.4, 0.5) is 0 Å². The third-order valence-electron chi connectivity index (χ3n) is 6.84. The van der Waals surface area contributed by atoms with Crippen molar-refractivity contribution in [2.24, 2.45) is 14.1 Å². The van der Waals surface area contributed by atoms with Crippen molar-refractivity contribution in [3.63, 3.8) is 0 Å². The van der Waals surface area contributed by atoms with Gasteiger partial charge in [-0.05, 0) is 41.0 Å². The summed E-state index contributed by atoms with van der Waals surface area (Å²) in [6.07, 6.45) is 0.0759. The topological polar surface area (TPSA) is 110 Å². The first-order valence-electron chi connectivity index (χ1n) is 12.4. The molecule has 2 N–H and O–H groups in total. The van der Waals surface area contributed by atoms with Gasteiger partial charge >= 0.3 is 11.7 Å². The largest absolute Gasteiger partial charge is 0.480 e. The number of nitrogens with one attached hydrogen (secondary N) is 1. The number of aliphatic carboxylic acids is 1. The lowest BCUT2D eigenvalue weighted by atomic mass is 9.88. The Kier molecular flexibility index (Phi) is 8.21. The Hall–Kier alpha value is -3.94. The van der Waals surface area contributed by atoms with Crippen LogP contribution in [0.2, 0.25) is 0 Å². The Balaban J connectivity index is 1.91. The zero-order valence-corrected chi connectivity index (χ0v) is 22.5. The number of carbonyl (C=O) groups is 2. The summed E-state index contributed by atoms with van der Waals surface area (Å²) in [6, 6.07) is 11.6. The van der Waals surface area contributed by atoms with Crippen LogP contribution in [0, 0.1) is 6.92 Å². The summed E-state index contributed by atoms with van der Waals surface area (Å²) in [5.41, 5.74) is 3.77. The molecule has 8 heteroatoms. The molecule has 1 amide bonds. The van der Waals surface area contributed by atoms with E-state index in [1.54, 1.807) is 38.2 Å². The van der Waals surface area contributed by atoms with Gasteiger partial charge in [-0.25, -0.2) is 9.59 Å². The Bertz CT molecular complexity index is 1420. The molecule has 3 aromatic rings. The molecule has 0 bridgehead atoms. The SMILES string of the molecule is Cc1c(-c2ccc(CC(NC(=O)c3c(C(C)C)cccc3C(C)C)C(=O)O)cc2)c(=O)n(C)c(=O)n1C. The summed E-state index contributed by atoms with van der Waals surface area (Å²) in [4.78, 5) is 50.4. The van der Waals surface area contributed by atoms with Gasteiger partial charge in [0, 0.05) is 31.8 Å². The first-order valence-corrected chi connectivity index (χ1v) is 12.4. The highest BCUT2D eigenvalue weighted by molar-refractivity contribution is 5.99. The van der Waals surface area contributed by atoms with Crippen LogP contribution in [0.1, 0.15) is 72.3 Å². The second-order valence-corrected chi connectivity index (χ2v) is 10.1. The molecule has 1 heterocycles. The highest BCUT2D eigenvalue weighted by atomic mass is 16.4. The normalized spacial score (nSPS) is 12.1. The number of carboxylic acid groups (broad SMARTS) is 1. The highest BCUT2D eigenvalue weighted by Crippen LogP contribution is 2.28. The fraction of sp³-hybridized carbons (Fsp3) is 0.379. The van der Waals surface area contributed by atoms with E-state index in [0.29, 0.717) is 27.9 Å². The van der Waals surface area contributed by atoms with Gasteiger partial charge in [0.1, 0.15) is 6.04 Å². The molecule has 1 unspecified atom stereocenters. The van der Waals surface area contributed by atoms with Crippen molar-refractivity contribution in [3.05, 3.63) is 91.3 Å². The Labute approximate surface area is 216 Å². The predicted molar refractivity (Wildman–Crippen MR) is 144 cm³/mol. The average Bonchev–Trinajstić information content (AvgIpc) is 2.86. The zero-order chi connectivity index (χ0) is 27.6. The van der Waals surface area contributed by atoms with Crippen LogP contribution in [0.3, 0.4) is 0 Å². The van der Waals surface area contributed by atoms with Crippen LogP contribution in [0.15, 0.2) is 52.1 Å². The number of rotatable bonds is 8. The molecule has 0 radical (unpaired) electrons. The van der Waals surface area contributed by atoms with Crippen molar-refractivity contribution in [2.45, 2.75) is 58.9 Å². The van der Waals surface area contributed by atoms with Crippen molar-refractivity contribution < 1.29 is 14.7 Å². The molecular formula is C29H35N3O5. The van der Waals surface area contributed by atoms with E-state index in [-0.39, 0.29) is 18.3 Å². The number of aromatic nitrogens is 2. The zero-order valence-electron chi connectivity index (χ0n) is 22.5. The number of carbonyl (C=O) groups excluding carboxylic acids is 1. The molecule has 1 aromatic heterocycles. The number of nitrogens with zero attached hydrogens (tertiary/aromatic N) is 2. The Morgan fingerprint density at radius 1 is 0.892 bits per heavy atom. The standard InChI is InChI=1S/C29H35N3O5/c1-16(2)21-9-8-10-22(17(3)4)25(21)26(33)30-23(28(35)36)15-19-11-13-20(14-12-19)24-18(5)31(6)29(37)32(7)27(24)34/h8-14,16-17,23H,15H2,1-7H3,(H,30,33)(H,35,36). The second kappa shape index (κ2) is 11.0. The summed E-state index contributed by atoms with van der Waals surface area (Å²) in [6.45, 7) is 9.73. The van der Waals surface area contributed by atoms with Crippen LogP contribution in [0.25, 0.3) is 11.1 Å². The van der Waals surface area contributed by atoms with E-state index in [1.165, 1.54) is 11.6 Å². The third kappa shape index (κ3) is 5.58. The van der Waals surface area contributed by atoms with Crippen LogP contribution >= 0.6 is 0 Å². The fourth-order valence-electron chi connectivity index (χ4n) is 4.56. The van der Waals surface area contributed by atoms with Crippen molar-refractivity contribution >= 4 is 11.9 Å². The molecular weight excluding hydrogens is 470 g/mol. The maximum Gasteiger partial charge on any atom is 0.330 e. The van der Waals surface area contributed by atoms with Crippen LogP contribution < -0.4 is 16.6 Å². The fourth-order valence-corrected chi connectivity index (χ4v) is 4.56. The van der Waals surface area contributed by atoms with E-state index >= 15 is 0 Å². The van der Waals surface area contributed by atoms with Gasteiger partial charge in [0.05, 0.1) is 5.56 Å². The molecule has 37 heavy (non-hydrogen) atoms. The quantitative estimate of drug-likeness (QED) is 0.485. The van der Waals surface area contributed by atoms with Crippen molar-refractivity contribution in [1.82, 2.24) is 14.5 Å². The molecule has 0 aliphatic carbocycles. The lowest BCUT2D eigenvalue weighted by Gasteiger charge is -2.21. The van der Waals surface area contributed by atoms with Crippen molar-refractivity contribution in [1.29, 1.82) is 0 Å². The molecule has 0 saturated heterocycles. The molecule has 196 valence electrons. The van der Waals surface area contributed by atoms with E-state index < -0.39 is 29.2 Å². The minimum atomic E-state index is -1.13. The van der Waals surface area contributed by atoms with Crippen LogP contribution in [-0.4, -0.2) is 32.2 Å². The first kappa shape index (κ1) is 27.6. The summed E-state index contributed by atoms with van der Waals surface area (Å²) in [5.74, 6) is -1.33. The molecule has 0 spiro atoms. The Morgan fingerprint density at radius 2 is 1.43 bits per heavy atom. The minimum absolute atomic E-state index is 0.0759. The highest BCUT2D eigenvalue weighted by Gasteiger charge is 2.26. The molecule has 1 atom stereocenters. The molecule has 0 fully saturated rings. The molecule has 0 saturated carbocycles. The van der Waals surface area contributed by atoms with E-state index in [1.807, 2.05) is 45.9 Å². The van der Waals surface area contributed by atoms with Gasteiger partial charge in [-0.1, -0.05) is 70.2 Å². The monoisotopic (exact) mass is 505 g/mol. The lowest BCUT2D eigenvalue weighted by Crippen LogP contribution is -2.43. The van der Waals surface area contributed by atoms with E-state index in [4.69, 9.17) is 0 Å². The number of hydrogen-bond donors (Lipinski definition) is 2. The number of hydrogen-bond acceptors (Lipinski definition) is 4. The van der Waals surface area contributed by atoms with Crippen molar-refractivity contribution in [2.75, 3.05) is 0 Å². The summed E-state index contributed by atoms with van der Waals surface area (Å²) >= 11 is 0. The summed E-state index contributed by atoms with van der Waals surface area (Å²) in [7, 11) is 3.04. The van der Waals surface area contributed by atoms with E-state index in [2.05, 4.69) is 5.32 Å². The van der Waals surface area contributed by atoms with Crippen LogP contribution in [-0.2, 0) is 25.3 Å². The van der Waals surface area contributed by atoms with Gasteiger partial charge in [-0.15, -0.1) is 0 Å². The second-order valence-electron chi connectivity index (χ2n) is 10.1. The van der Waals surface area contributed by atoms with Crippen molar-refractivity contribution in [3.8, 4) is 11.1 Å². The van der Waals surface area contributed by atoms with Crippen LogP contribution in [0.5, 0.6) is 0 Å². The maximum absolute atomic E-state index is 13.4. The summed E-state index contributed by atoms with van der Waals surface area (Å²) < 4.78 is 2.48. The molecule has 8 nitrogen and oxygen atoms in total. The minimum Gasteiger partial charge on any atom is -0.480 e. The van der Waals surface area contributed by atoms with Gasteiger partial charge in [0.25, 0.3) is 11.5 Å².